The number of hydrogen-bond acceptors (Lipinski definition) is 8. The molecule has 0 bridgehead atoms. The first-order valence-electron chi connectivity index (χ1n) is 12.5. The number of aromatic nitrogens is 1. The fourth-order valence-electron chi connectivity index (χ4n) is 4.80. The molecule has 3 rings (SSSR count). The average Bonchev–Trinajstić information content (AvgIpc) is 3.23. The van der Waals surface area contributed by atoms with Crippen molar-refractivity contribution in [3.63, 3.8) is 0 Å². The minimum Gasteiger partial charge on any atom is -0.496 e. The molecule has 0 radical (unpaired) electrons. The second-order valence-electron chi connectivity index (χ2n) is 10.3. The number of rotatable bonds is 7. The molecule has 2 aromatic rings. The Kier molecular flexibility index (Phi) is 9.02. The lowest BCUT2D eigenvalue weighted by Crippen LogP contribution is -2.35. The molecule has 37 heavy (non-hydrogen) atoms. The highest BCUT2D eigenvalue weighted by atomic mass is 32.1. The van der Waals surface area contributed by atoms with Gasteiger partial charge in [0.25, 0.3) is 0 Å². The van der Waals surface area contributed by atoms with Crippen LogP contribution in [0.15, 0.2) is 18.8 Å². The smallest absolute Gasteiger partial charge is 0.418 e. The third-order valence-electron chi connectivity index (χ3n) is 6.50. The van der Waals surface area contributed by atoms with E-state index in [4.69, 9.17) is 19.2 Å². The quantitative estimate of drug-likeness (QED) is 0.380. The third kappa shape index (κ3) is 6.33. The highest BCUT2D eigenvalue weighted by Gasteiger charge is 2.31. The molecule has 0 spiro atoms. The van der Waals surface area contributed by atoms with Crippen molar-refractivity contribution in [1.82, 2.24) is 9.88 Å². The molecule has 1 fully saturated rings. The van der Waals surface area contributed by atoms with Crippen molar-refractivity contribution in [3.05, 3.63) is 51.1 Å². The number of carbonyl (C=O) groups is 2. The van der Waals surface area contributed by atoms with Crippen LogP contribution in [0.25, 0.3) is 0 Å². The van der Waals surface area contributed by atoms with Crippen LogP contribution in [0.4, 0.5) is 10.5 Å². The van der Waals surface area contributed by atoms with Gasteiger partial charge in [0.05, 0.1) is 31.6 Å². The number of piperidine rings is 1. The maximum Gasteiger partial charge on any atom is 0.418 e. The minimum absolute atomic E-state index is 0.0751. The van der Waals surface area contributed by atoms with Gasteiger partial charge in [0.2, 0.25) is 0 Å². The lowest BCUT2D eigenvalue weighted by Gasteiger charge is -2.36. The molecule has 1 amide bonds. The summed E-state index contributed by atoms with van der Waals surface area (Å²) in [6.45, 7) is 16.7. The normalized spacial score (nSPS) is 16.3. The van der Waals surface area contributed by atoms with Crippen LogP contribution in [0.1, 0.15) is 83.1 Å². The van der Waals surface area contributed by atoms with E-state index in [0.29, 0.717) is 17.1 Å². The van der Waals surface area contributed by atoms with Crippen LogP contribution in [0, 0.1) is 20.8 Å². The van der Waals surface area contributed by atoms with E-state index < -0.39 is 11.7 Å². The summed E-state index contributed by atoms with van der Waals surface area (Å²) in [6.07, 6.45) is 4.13. The van der Waals surface area contributed by atoms with Crippen LogP contribution in [0.2, 0.25) is 0 Å². The Morgan fingerprint density at radius 1 is 1.24 bits per heavy atom. The van der Waals surface area contributed by atoms with Crippen molar-refractivity contribution < 1.29 is 23.8 Å². The lowest BCUT2D eigenvalue weighted by atomic mass is 9.97. The zero-order valence-electron chi connectivity index (χ0n) is 23.3. The first-order valence-corrected chi connectivity index (χ1v) is 13.3. The SMILES string of the molecule is C=CN(C(=O)OC(C)(C)C)c1c(C)cc(OC)c(CN2CCCCC2c2nc(C)c(C(=O)OC)s2)c1C. The zero-order chi connectivity index (χ0) is 27.5. The number of aryl methyl sites for hydroxylation is 2. The van der Waals surface area contributed by atoms with Crippen molar-refractivity contribution in [3.8, 4) is 5.75 Å². The molecule has 0 saturated carbocycles. The van der Waals surface area contributed by atoms with Crippen molar-refractivity contribution in [2.45, 2.75) is 79.0 Å². The number of amides is 1. The number of thiazole rings is 1. The van der Waals surface area contributed by atoms with Gasteiger partial charge >= 0.3 is 12.1 Å². The first-order chi connectivity index (χ1) is 17.4. The predicted molar refractivity (Wildman–Crippen MR) is 147 cm³/mol. The van der Waals surface area contributed by atoms with Gasteiger partial charge in [-0.2, -0.15) is 0 Å². The second kappa shape index (κ2) is 11.6. The topological polar surface area (TPSA) is 81.2 Å². The molecule has 1 saturated heterocycles. The van der Waals surface area contributed by atoms with E-state index in [1.165, 1.54) is 29.5 Å². The molecule has 2 heterocycles. The number of benzene rings is 1. The van der Waals surface area contributed by atoms with Crippen LogP contribution in [0.3, 0.4) is 0 Å². The molecule has 202 valence electrons. The molecule has 0 aliphatic carbocycles. The van der Waals surface area contributed by atoms with E-state index in [9.17, 15) is 9.59 Å². The summed E-state index contributed by atoms with van der Waals surface area (Å²) >= 11 is 1.41. The van der Waals surface area contributed by atoms with E-state index in [2.05, 4.69) is 11.5 Å². The van der Waals surface area contributed by atoms with Gasteiger partial charge in [0.15, 0.2) is 0 Å². The Hall–Kier alpha value is -2.91. The van der Waals surface area contributed by atoms with E-state index in [1.54, 1.807) is 7.11 Å². The summed E-state index contributed by atoms with van der Waals surface area (Å²) < 4.78 is 16.4. The fraction of sp³-hybridized carbons (Fsp3) is 0.536. The van der Waals surface area contributed by atoms with Gasteiger partial charge in [-0.05, 0) is 78.1 Å². The summed E-state index contributed by atoms with van der Waals surface area (Å²) in [6, 6.07) is 2.03. The maximum absolute atomic E-state index is 13.0. The van der Waals surface area contributed by atoms with Gasteiger partial charge in [0, 0.05) is 18.3 Å². The summed E-state index contributed by atoms with van der Waals surface area (Å²) in [5, 5.41) is 0.919. The van der Waals surface area contributed by atoms with Crippen LogP contribution in [-0.2, 0) is 16.0 Å². The van der Waals surface area contributed by atoms with E-state index >= 15 is 0 Å². The molecule has 1 aromatic heterocycles. The van der Waals surface area contributed by atoms with Crippen LogP contribution >= 0.6 is 11.3 Å². The summed E-state index contributed by atoms with van der Waals surface area (Å²) in [5.74, 6) is 0.415. The first kappa shape index (κ1) is 28.7. The highest BCUT2D eigenvalue weighted by Crippen LogP contribution is 2.40. The zero-order valence-corrected chi connectivity index (χ0v) is 24.1. The van der Waals surface area contributed by atoms with Gasteiger partial charge in [0.1, 0.15) is 21.2 Å². The maximum atomic E-state index is 13.0. The molecule has 1 aromatic carbocycles. The number of esters is 1. The Morgan fingerprint density at radius 2 is 1.95 bits per heavy atom. The number of hydrogen-bond donors (Lipinski definition) is 0. The highest BCUT2D eigenvalue weighted by molar-refractivity contribution is 7.13. The van der Waals surface area contributed by atoms with Crippen molar-refractivity contribution in [1.29, 1.82) is 0 Å². The van der Waals surface area contributed by atoms with E-state index in [1.807, 2.05) is 47.6 Å². The summed E-state index contributed by atoms with van der Waals surface area (Å²) in [7, 11) is 3.05. The lowest BCUT2D eigenvalue weighted by molar-refractivity contribution is 0.0589. The number of likely N-dealkylation sites (tertiary alicyclic amines) is 1. The van der Waals surface area contributed by atoms with Crippen LogP contribution < -0.4 is 9.64 Å². The van der Waals surface area contributed by atoms with Crippen molar-refractivity contribution in [2.24, 2.45) is 0 Å². The molecule has 1 atom stereocenters. The Morgan fingerprint density at radius 3 is 2.54 bits per heavy atom. The molecule has 1 aliphatic heterocycles. The molecule has 8 nitrogen and oxygen atoms in total. The number of anilines is 1. The predicted octanol–water partition coefficient (Wildman–Crippen LogP) is 6.48. The molecular weight excluding hydrogens is 490 g/mol. The molecule has 9 heteroatoms. The van der Waals surface area contributed by atoms with E-state index in [0.717, 1.165) is 58.9 Å². The van der Waals surface area contributed by atoms with Gasteiger partial charge < -0.3 is 14.2 Å². The monoisotopic (exact) mass is 529 g/mol. The van der Waals surface area contributed by atoms with Gasteiger partial charge in [-0.3, -0.25) is 9.80 Å². The second-order valence-corrected chi connectivity index (χ2v) is 11.4. The van der Waals surface area contributed by atoms with Gasteiger partial charge in [-0.15, -0.1) is 11.3 Å². The van der Waals surface area contributed by atoms with Gasteiger partial charge in [-0.25, -0.2) is 14.6 Å². The van der Waals surface area contributed by atoms with Crippen LogP contribution in [0.5, 0.6) is 5.75 Å². The minimum atomic E-state index is -0.634. The Labute approximate surface area is 224 Å². The molecule has 1 aliphatic rings. The number of nitrogens with zero attached hydrogens (tertiary/aromatic N) is 3. The molecule has 0 N–H and O–H groups in total. The molecule has 1 unspecified atom stereocenters. The van der Waals surface area contributed by atoms with Crippen molar-refractivity contribution in [2.75, 3.05) is 25.7 Å². The van der Waals surface area contributed by atoms with Crippen LogP contribution in [-0.4, -0.2) is 48.3 Å². The standard InChI is InChI=1S/C28H39N3O5S/c1-10-31(27(33)36-28(5,6)7)23-17(2)15-22(34-8)20(18(23)3)16-30-14-12-11-13-21(30)25-29-19(4)24(37-25)26(32)35-9/h10,15,21H,1,11-14,16H2,2-9H3. The Balaban J connectivity index is 2.02. The molecular formula is C28H39N3O5S. The fourth-order valence-corrected chi connectivity index (χ4v) is 5.95. The summed E-state index contributed by atoms with van der Waals surface area (Å²) in [5.41, 5.74) is 3.61. The Bertz CT molecular complexity index is 1170. The number of methoxy groups -OCH3 is 2. The summed E-state index contributed by atoms with van der Waals surface area (Å²) in [4.78, 5) is 34.4. The largest absolute Gasteiger partial charge is 0.496 e. The average molecular weight is 530 g/mol. The van der Waals surface area contributed by atoms with Crippen molar-refractivity contribution >= 4 is 29.1 Å². The third-order valence-corrected chi connectivity index (χ3v) is 7.74. The van der Waals surface area contributed by atoms with E-state index in [-0.39, 0.29) is 12.0 Å². The van der Waals surface area contributed by atoms with Gasteiger partial charge in [-0.1, -0.05) is 13.0 Å². The number of ether oxygens (including phenoxy) is 3. The number of carbonyl (C=O) groups excluding carboxylic acids is 2.